The third kappa shape index (κ3) is 6.43. The molecule has 1 fully saturated rings. The largest absolute Gasteiger partial charge is 0.490 e. The third-order valence-electron chi connectivity index (χ3n) is 3.61. The summed E-state index contributed by atoms with van der Waals surface area (Å²) >= 11 is 4.75. The van der Waals surface area contributed by atoms with E-state index in [4.69, 9.17) is 31.6 Å². The van der Waals surface area contributed by atoms with Gasteiger partial charge in [-0.1, -0.05) is 12.2 Å². The molecule has 1 aliphatic heterocycles. The van der Waals surface area contributed by atoms with Gasteiger partial charge in [0.15, 0.2) is 12.4 Å². The van der Waals surface area contributed by atoms with E-state index in [0.29, 0.717) is 0 Å². The molecule has 0 spiro atoms. The van der Waals surface area contributed by atoms with Gasteiger partial charge in [0.2, 0.25) is 0 Å². The number of phosphoric ester groups is 1. The predicted molar refractivity (Wildman–Crippen MR) is 95.1 cm³/mol. The van der Waals surface area contributed by atoms with Gasteiger partial charge in [-0.25, -0.2) is 22.9 Å². The van der Waals surface area contributed by atoms with Gasteiger partial charge in [-0.15, -0.1) is 0 Å². The number of aromatic nitrogens is 2. The van der Waals surface area contributed by atoms with Crippen molar-refractivity contribution in [3.05, 3.63) is 27.4 Å². The van der Waals surface area contributed by atoms with Crippen molar-refractivity contribution in [3.63, 3.8) is 0 Å². The molecule has 1 aromatic rings. The molecule has 1 saturated heterocycles. The van der Waals surface area contributed by atoms with Crippen LogP contribution in [0.1, 0.15) is 13.2 Å². The van der Waals surface area contributed by atoms with Crippen LogP contribution in [0.25, 0.3) is 0 Å². The van der Waals surface area contributed by atoms with E-state index < -0.39 is 59.9 Å². The van der Waals surface area contributed by atoms with Crippen LogP contribution in [0.2, 0.25) is 0 Å². The summed E-state index contributed by atoms with van der Waals surface area (Å²) in [4.78, 5) is 49.6. The Morgan fingerprint density at radius 1 is 1.27 bits per heavy atom. The lowest BCUT2D eigenvalue weighted by Crippen LogP contribution is -2.44. The van der Waals surface area contributed by atoms with E-state index in [0.717, 1.165) is 17.7 Å². The molecular weight excluding hydrogens is 500 g/mol. The van der Waals surface area contributed by atoms with Gasteiger partial charge in [0, 0.05) is 6.20 Å². The highest BCUT2D eigenvalue weighted by atomic mass is 32.1. The van der Waals surface area contributed by atoms with E-state index in [1.54, 1.807) is 0 Å². The van der Waals surface area contributed by atoms with Crippen LogP contribution in [0.3, 0.4) is 0 Å². The lowest BCUT2D eigenvalue weighted by molar-refractivity contribution is -0.0929. The Morgan fingerprint density at radius 3 is 2.40 bits per heavy atom. The average Bonchev–Trinajstić information content (AvgIpc) is 2.73. The zero-order chi connectivity index (χ0) is 23.1. The topological polar surface area (TPSA) is 227 Å². The number of phosphoric acid groups is 3. The first kappa shape index (κ1) is 25.6. The summed E-state index contributed by atoms with van der Waals surface area (Å²) in [6.45, 7) is -0.170. The molecule has 172 valence electrons. The van der Waals surface area contributed by atoms with Crippen LogP contribution in [0.4, 0.5) is 4.39 Å². The molecule has 0 aromatic carbocycles. The van der Waals surface area contributed by atoms with Crippen molar-refractivity contribution in [1.29, 1.82) is 0 Å². The molecule has 1 aliphatic rings. The van der Waals surface area contributed by atoms with Crippen molar-refractivity contribution in [3.8, 4) is 0 Å². The first-order valence-electron chi connectivity index (χ1n) is 7.55. The van der Waals surface area contributed by atoms with Gasteiger partial charge in [-0.2, -0.15) is 8.62 Å². The molecule has 0 saturated carbocycles. The van der Waals surface area contributed by atoms with E-state index in [1.807, 2.05) is 0 Å². The summed E-state index contributed by atoms with van der Waals surface area (Å²) in [5.74, 6) is 0. The molecule has 6 atom stereocenters. The predicted octanol–water partition coefficient (Wildman–Crippen LogP) is 0.236. The molecule has 15 nitrogen and oxygen atoms in total. The number of rotatable bonds is 8. The minimum atomic E-state index is -5.75. The Labute approximate surface area is 171 Å². The second kappa shape index (κ2) is 8.71. The highest BCUT2D eigenvalue weighted by Gasteiger charge is 2.55. The first-order valence-corrected chi connectivity index (χ1v) is 12.5. The average molecular weight is 516 g/mol. The van der Waals surface area contributed by atoms with Crippen molar-refractivity contribution in [2.24, 2.45) is 0 Å². The Kier molecular flexibility index (Phi) is 7.44. The van der Waals surface area contributed by atoms with Gasteiger partial charge in [0.25, 0.3) is 0 Å². The Morgan fingerprint density at radius 2 is 1.87 bits per heavy atom. The van der Waals surface area contributed by atoms with Crippen LogP contribution in [-0.4, -0.2) is 58.7 Å². The van der Waals surface area contributed by atoms with E-state index in [2.05, 4.69) is 18.1 Å². The Hall–Kier alpha value is -0.640. The monoisotopic (exact) mass is 516 g/mol. The smallest absolute Gasteiger partial charge is 0.382 e. The number of H-pyrrole nitrogens is 1. The SMILES string of the molecule is CC1(O)[C@@H](F)[C@@H](COP(=O)(O)OP(=O)(O)OP(=O)(O)O)O[C@H]1n1ccc(=S)[nH]c1=O. The minimum Gasteiger partial charge on any atom is -0.382 e. The molecule has 6 N–H and O–H groups in total. The summed E-state index contributed by atoms with van der Waals surface area (Å²) in [5.41, 5.74) is -3.18. The number of ether oxygens (including phenoxy) is 1. The molecule has 1 aromatic heterocycles. The second-order valence-corrected chi connectivity index (χ2v) is 10.9. The summed E-state index contributed by atoms with van der Waals surface area (Å²) < 4.78 is 65.5. The van der Waals surface area contributed by atoms with Crippen LogP contribution >= 0.6 is 35.7 Å². The molecule has 2 heterocycles. The van der Waals surface area contributed by atoms with Crippen LogP contribution in [0.15, 0.2) is 17.1 Å². The molecule has 2 rings (SSSR count). The third-order valence-corrected chi connectivity index (χ3v) is 7.65. The number of hydrogen-bond acceptors (Lipinski definition) is 10. The van der Waals surface area contributed by atoms with E-state index in [9.17, 15) is 32.9 Å². The molecular formula is C10H16FN2O13P3S. The van der Waals surface area contributed by atoms with Crippen molar-refractivity contribution in [2.45, 2.75) is 31.0 Å². The van der Waals surface area contributed by atoms with Crippen LogP contribution in [0.5, 0.6) is 0 Å². The Bertz CT molecular complexity index is 1050. The molecule has 0 radical (unpaired) electrons. The van der Waals surface area contributed by atoms with Gasteiger partial charge in [0.05, 0.1) is 6.61 Å². The van der Waals surface area contributed by atoms with E-state index in [1.165, 1.54) is 6.07 Å². The van der Waals surface area contributed by atoms with E-state index in [-0.39, 0.29) is 4.64 Å². The summed E-state index contributed by atoms with van der Waals surface area (Å²) in [7, 11) is -16.9. The maximum atomic E-state index is 14.6. The number of aromatic amines is 1. The molecule has 0 amide bonds. The highest BCUT2D eigenvalue weighted by molar-refractivity contribution is 7.71. The number of aliphatic hydroxyl groups is 1. The lowest BCUT2D eigenvalue weighted by Gasteiger charge is -2.26. The van der Waals surface area contributed by atoms with Crippen LogP contribution < -0.4 is 5.69 Å². The van der Waals surface area contributed by atoms with Gasteiger partial charge in [-0.3, -0.25) is 14.1 Å². The van der Waals surface area contributed by atoms with Gasteiger partial charge >= 0.3 is 29.2 Å². The number of nitrogens with zero attached hydrogens (tertiary/aromatic N) is 1. The quantitative estimate of drug-likeness (QED) is 0.201. The Balaban J connectivity index is 2.13. The standard InChI is InChI=1S/C10H16FN2O13P3S/c1-10(15)7(11)5(24-8(10)13-3-2-6(30)12-9(13)14)4-23-28(19,20)26-29(21,22)25-27(16,17)18/h2-3,5,7-8,15H,4H2,1H3,(H,19,20)(H,21,22)(H,12,14,30)(H2,16,17,18)/t5-,7+,8-,10?/m1/s1. The second-order valence-electron chi connectivity index (χ2n) is 6.06. The zero-order valence-corrected chi connectivity index (χ0v) is 18.2. The van der Waals surface area contributed by atoms with Crippen LogP contribution in [0, 0.1) is 4.64 Å². The highest BCUT2D eigenvalue weighted by Crippen LogP contribution is 2.66. The molecule has 0 aliphatic carbocycles. The van der Waals surface area contributed by atoms with E-state index >= 15 is 0 Å². The number of nitrogens with one attached hydrogen (secondary N) is 1. The van der Waals surface area contributed by atoms with Gasteiger partial charge < -0.3 is 29.4 Å². The lowest BCUT2D eigenvalue weighted by atomic mass is 9.98. The maximum Gasteiger partial charge on any atom is 0.490 e. The van der Waals surface area contributed by atoms with Crippen molar-refractivity contribution in [2.75, 3.05) is 6.61 Å². The molecule has 3 unspecified atom stereocenters. The van der Waals surface area contributed by atoms with Crippen molar-refractivity contribution < 1.29 is 60.6 Å². The normalized spacial score (nSPS) is 31.2. The summed E-state index contributed by atoms with van der Waals surface area (Å²) in [6.07, 6.45) is -4.58. The molecule has 0 bridgehead atoms. The van der Waals surface area contributed by atoms with Gasteiger partial charge in [-0.05, 0) is 13.0 Å². The summed E-state index contributed by atoms with van der Waals surface area (Å²) in [6, 6.07) is 1.25. The first-order chi connectivity index (χ1) is 13.4. The fourth-order valence-electron chi connectivity index (χ4n) is 2.44. The fraction of sp³-hybridized carbons (Fsp3) is 0.600. The van der Waals surface area contributed by atoms with Gasteiger partial charge in [0.1, 0.15) is 16.3 Å². The van der Waals surface area contributed by atoms with Crippen molar-refractivity contribution in [1.82, 2.24) is 9.55 Å². The minimum absolute atomic E-state index is 0.0508. The fourth-order valence-corrected chi connectivity index (χ4v) is 5.62. The van der Waals surface area contributed by atoms with Crippen LogP contribution in [-0.2, 0) is 31.6 Å². The number of alkyl halides is 1. The summed E-state index contributed by atoms with van der Waals surface area (Å²) in [5, 5.41) is 10.4. The molecule has 20 heteroatoms. The number of hydrogen-bond donors (Lipinski definition) is 6. The molecule has 30 heavy (non-hydrogen) atoms. The van der Waals surface area contributed by atoms with Crippen molar-refractivity contribution >= 4 is 35.7 Å². The number of halogens is 1. The maximum absolute atomic E-state index is 14.6. The zero-order valence-electron chi connectivity index (χ0n) is 14.7.